The Kier molecular flexibility index (Phi) is 2.19. The first kappa shape index (κ1) is 8.52. The van der Waals surface area contributed by atoms with Crippen molar-refractivity contribution in [1.29, 1.82) is 0 Å². The Labute approximate surface area is 80.9 Å². The minimum absolute atomic E-state index is 0.215. The van der Waals surface area contributed by atoms with Gasteiger partial charge in [-0.1, -0.05) is 30.3 Å². The van der Waals surface area contributed by atoms with E-state index in [-0.39, 0.29) is 11.7 Å². The molecule has 66 valence electrons. The monoisotopic (exact) mass is 194 g/mol. The minimum Gasteiger partial charge on any atom is -0.207 e. The minimum atomic E-state index is -0.228. The third-order valence-electron chi connectivity index (χ3n) is 2.12. The van der Waals surface area contributed by atoms with Gasteiger partial charge in [0.15, 0.2) is 0 Å². The van der Waals surface area contributed by atoms with Crippen molar-refractivity contribution in [2.24, 2.45) is 0 Å². The zero-order chi connectivity index (χ0) is 9.26. The lowest BCUT2D eigenvalue weighted by Gasteiger charge is -2.03. The van der Waals surface area contributed by atoms with Gasteiger partial charge in [0.1, 0.15) is 5.82 Å². The predicted octanol–water partition coefficient (Wildman–Crippen LogP) is 3.72. The Morgan fingerprint density at radius 2 is 1.85 bits per heavy atom. The van der Waals surface area contributed by atoms with Gasteiger partial charge in [-0.3, -0.25) is 0 Å². The van der Waals surface area contributed by atoms with Crippen molar-refractivity contribution < 1.29 is 4.39 Å². The zero-order valence-corrected chi connectivity index (χ0v) is 7.68. The topological polar surface area (TPSA) is 0 Å². The molecule has 0 nitrogen and oxygen atoms in total. The molecule has 0 heterocycles. The number of halogens is 2. The molecule has 2 rings (SSSR count). The van der Waals surface area contributed by atoms with E-state index in [0.717, 1.165) is 10.8 Å². The molecule has 0 unspecified atom stereocenters. The first-order valence-electron chi connectivity index (χ1n) is 4.05. The van der Waals surface area contributed by atoms with E-state index in [1.807, 2.05) is 24.3 Å². The summed E-state index contributed by atoms with van der Waals surface area (Å²) in [6.07, 6.45) is 0. The molecule has 0 bridgehead atoms. The summed E-state index contributed by atoms with van der Waals surface area (Å²) in [6, 6.07) is 10.9. The molecule has 0 saturated heterocycles. The van der Waals surface area contributed by atoms with Crippen LogP contribution in [-0.4, -0.2) is 0 Å². The molecule has 0 spiro atoms. The molecule has 0 aromatic heterocycles. The van der Waals surface area contributed by atoms with Crippen molar-refractivity contribution in [1.82, 2.24) is 0 Å². The summed E-state index contributed by atoms with van der Waals surface area (Å²) in [7, 11) is 0. The normalized spacial score (nSPS) is 10.6. The van der Waals surface area contributed by atoms with E-state index in [1.54, 1.807) is 6.07 Å². The van der Waals surface area contributed by atoms with Gasteiger partial charge in [0.05, 0.1) is 5.88 Å². The molecule has 0 saturated carbocycles. The second-order valence-electron chi connectivity index (χ2n) is 2.88. The fraction of sp³-hybridized carbons (Fsp3) is 0.0909. The molecule has 0 aliphatic rings. The van der Waals surface area contributed by atoms with Crippen LogP contribution in [0.1, 0.15) is 5.56 Å². The summed E-state index contributed by atoms with van der Waals surface area (Å²) < 4.78 is 13.2. The number of hydrogen-bond acceptors (Lipinski definition) is 0. The summed E-state index contributed by atoms with van der Waals surface area (Å²) in [5, 5.41) is 1.93. The molecule has 13 heavy (non-hydrogen) atoms. The second kappa shape index (κ2) is 3.35. The molecule has 0 aliphatic carbocycles. The number of fused-ring (bicyclic) bond motifs is 1. The van der Waals surface area contributed by atoms with Crippen LogP contribution in [0.2, 0.25) is 0 Å². The largest absolute Gasteiger partial charge is 0.207 e. The third kappa shape index (κ3) is 1.40. The maximum atomic E-state index is 13.2. The van der Waals surface area contributed by atoms with Crippen LogP contribution in [0.3, 0.4) is 0 Å². The number of benzene rings is 2. The smallest absolute Gasteiger partial charge is 0.128 e. The lowest BCUT2D eigenvalue weighted by atomic mass is 10.1. The van der Waals surface area contributed by atoms with Gasteiger partial charge in [0.2, 0.25) is 0 Å². The van der Waals surface area contributed by atoms with Crippen molar-refractivity contribution in [2.45, 2.75) is 5.88 Å². The van der Waals surface area contributed by atoms with E-state index in [2.05, 4.69) is 0 Å². The highest BCUT2D eigenvalue weighted by molar-refractivity contribution is 6.18. The molecular weight excluding hydrogens is 187 g/mol. The van der Waals surface area contributed by atoms with Crippen LogP contribution in [0.15, 0.2) is 36.4 Å². The lowest BCUT2D eigenvalue weighted by molar-refractivity contribution is 0.619. The molecule has 0 N–H and O–H groups in total. The molecule has 2 aromatic rings. The number of rotatable bonds is 1. The van der Waals surface area contributed by atoms with Gasteiger partial charge in [0.25, 0.3) is 0 Å². The van der Waals surface area contributed by atoms with Crippen LogP contribution in [0.5, 0.6) is 0 Å². The molecule has 0 amide bonds. The van der Waals surface area contributed by atoms with Gasteiger partial charge >= 0.3 is 0 Å². The summed E-state index contributed by atoms with van der Waals surface area (Å²) in [4.78, 5) is 0. The van der Waals surface area contributed by atoms with E-state index in [1.165, 1.54) is 6.07 Å². The van der Waals surface area contributed by atoms with Crippen LogP contribution in [0, 0.1) is 5.82 Å². The summed E-state index contributed by atoms with van der Waals surface area (Å²) in [5.74, 6) is -0.0126. The van der Waals surface area contributed by atoms with E-state index in [0.29, 0.717) is 5.56 Å². The van der Waals surface area contributed by atoms with Gasteiger partial charge < -0.3 is 0 Å². The van der Waals surface area contributed by atoms with E-state index in [9.17, 15) is 4.39 Å². The van der Waals surface area contributed by atoms with Crippen LogP contribution in [0.4, 0.5) is 4.39 Å². The SMILES string of the molecule is Fc1ccc2ccccc2c1CCl. The maximum Gasteiger partial charge on any atom is 0.128 e. The van der Waals surface area contributed by atoms with Gasteiger partial charge in [-0.05, 0) is 16.8 Å². The summed E-state index contributed by atoms with van der Waals surface area (Å²) in [5.41, 5.74) is 0.583. The van der Waals surface area contributed by atoms with Gasteiger partial charge in [-0.15, -0.1) is 11.6 Å². The molecule has 0 atom stereocenters. The fourth-order valence-corrected chi connectivity index (χ4v) is 1.72. The number of hydrogen-bond donors (Lipinski definition) is 0. The molecule has 0 fully saturated rings. The second-order valence-corrected chi connectivity index (χ2v) is 3.15. The molecule has 0 aliphatic heterocycles. The summed E-state index contributed by atoms with van der Waals surface area (Å²) in [6.45, 7) is 0. The van der Waals surface area contributed by atoms with Crippen LogP contribution in [-0.2, 0) is 5.88 Å². The molecule has 0 radical (unpaired) electrons. The van der Waals surface area contributed by atoms with Crippen molar-refractivity contribution >= 4 is 22.4 Å². The quantitative estimate of drug-likeness (QED) is 0.607. The Morgan fingerprint density at radius 3 is 2.62 bits per heavy atom. The number of alkyl halides is 1. The highest BCUT2D eigenvalue weighted by atomic mass is 35.5. The van der Waals surface area contributed by atoms with E-state index >= 15 is 0 Å². The first-order valence-corrected chi connectivity index (χ1v) is 4.58. The molecule has 2 aromatic carbocycles. The molecule has 2 heteroatoms. The van der Waals surface area contributed by atoms with Crippen molar-refractivity contribution in [3.05, 3.63) is 47.8 Å². The third-order valence-corrected chi connectivity index (χ3v) is 2.38. The maximum absolute atomic E-state index is 13.2. The average molecular weight is 195 g/mol. The Morgan fingerprint density at radius 1 is 1.08 bits per heavy atom. The lowest BCUT2D eigenvalue weighted by Crippen LogP contribution is -1.87. The zero-order valence-electron chi connectivity index (χ0n) is 6.93. The first-order chi connectivity index (χ1) is 6.33. The standard InChI is InChI=1S/C11H8ClF/c12-7-10-9-4-2-1-3-8(9)5-6-11(10)13/h1-6H,7H2. The predicted molar refractivity (Wildman–Crippen MR) is 53.5 cm³/mol. The van der Waals surface area contributed by atoms with Crippen LogP contribution in [0.25, 0.3) is 10.8 Å². The highest BCUT2D eigenvalue weighted by Gasteiger charge is 2.04. The molecular formula is C11H8ClF. The Hall–Kier alpha value is -1.08. The van der Waals surface area contributed by atoms with Gasteiger partial charge in [-0.2, -0.15) is 0 Å². The van der Waals surface area contributed by atoms with Gasteiger partial charge in [0, 0.05) is 5.56 Å². The van der Waals surface area contributed by atoms with Gasteiger partial charge in [-0.25, -0.2) is 4.39 Å². The Bertz CT molecular complexity index is 437. The van der Waals surface area contributed by atoms with Crippen molar-refractivity contribution in [2.75, 3.05) is 0 Å². The summed E-state index contributed by atoms with van der Waals surface area (Å²) >= 11 is 5.67. The van der Waals surface area contributed by atoms with Crippen molar-refractivity contribution in [3.8, 4) is 0 Å². The van der Waals surface area contributed by atoms with E-state index in [4.69, 9.17) is 11.6 Å². The average Bonchev–Trinajstić information content (AvgIpc) is 2.18. The van der Waals surface area contributed by atoms with Crippen molar-refractivity contribution in [3.63, 3.8) is 0 Å². The fourth-order valence-electron chi connectivity index (χ4n) is 1.45. The highest BCUT2D eigenvalue weighted by Crippen LogP contribution is 2.22. The van der Waals surface area contributed by atoms with E-state index < -0.39 is 0 Å². The van der Waals surface area contributed by atoms with Crippen LogP contribution >= 0.6 is 11.6 Å². The Balaban J connectivity index is 2.84. The van der Waals surface area contributed by atoms with Crippen LogP contribution < -0.4 is 0 Å².